The molecule has 0 aliphatic rings. The van der Waals surface area contributed by atoms with Crippen LogP contribution in [0.4, 0.5) is 4.39 Å². The highest BCUT2D eigenvalue weighted by molar-refractivity contribution is 5.32. The van der Waals surface area contributed by atoms with E-state index < -0.39 is 0 Å². The van der Waals surface area contributed by atoms with Gasteiger partial charge in [0.15, 0.2) is 0 Å². The second-order valence-electron chi connectivity index (χ2n) is 5.77. The van der Waals surface area contributed by atoms with Gasteiger partial charge in [-0.05, 0) is 50.4 Å². The summed E-state index contributed by atoms with van der Waals surface area (Å²) in [5.74, 6) is 1.16. The van der Waals surface area contributed by atoms with Crippen molar-refractivity contribution in [1.29, 1.82) is 0 Å². The van der Waals surface area contributed by atoms with Gasteiger partial charge in [0.1, 0.15) is 11.6 Å². The molecule has 0 saturated carbocycles. The van der Waals surface area contributed by atoms with Crippen LogP contribution in [-0.4, -0.2) is 19.7 Å². The van der Waals surface area contributed by atoms with E-state index in [2.05, 4.69) is 19.2 Å². The lowest BCUT2D eigenvalue weighted by atomic mass is 10.2. The number of nitrogens with one attached hydrogen (secondary N) is 1. The molecule has 1 rings (SSSR count). The van der Waals surface area contributed by atoms with E-state index in [4.69, 9.17) is 4.74 Å². The van der Waals surface area contributed by atoms with Crippen molar-refractivity contribution < 1.29 is 9.13 Å². The molecule has 0 aliphatic carbocycles. The molecular formula is C17H28FNO. The summed E-state index contributed by atoms with van der Waals surface area (Å²) in [6, 6.07) is 4.68. The number of aryl methyl sites for hydroxylation is 1. The maximum absolute atomic E-state index is 13.1. The second kappa shape index (κ2) is 9.76. The Kier molecular flexibility index (Phi) is 8.28. The summed E-state index contributed by atoms with van der Waals surface area (Å²) in [5.41, 5.74) is 0.990. The van der Waals surface area contributed by atoms with Crippen LogP contribution >= 0.6 is 0 Å². The molecule has 2 nitrogen and oxygen atoms in total. The summed E-state index contributed by atoms with van der Waals surface area (Å²) in [4.78, 5) is 0. The Hall–Kier alpha value is -1.09. The van der Waals surface area contributed by atoms with Crippen molar-refractivity contribution in [3.05, 3.63) is 29.6 Å². The van der Waals surface area contributed by atoms with E-state index >= 15 is 0 Å². The molecule has 0 saturated heterocycles. The molecule has 3 heteroatoms. The van der Waals surface area contributed by atoms with E-state index in [9.17, 15) is 4.39 Å². The predicted molar refractivity (Wildman–Crippen MR) is 82.8 cm³/mol. The van der Waals surface area contributed by atoms with Gasteiger partial charge in [0.2, 0.25) is 0 Å². The number of rotatable bonds is 10. The Morgan fingerprint density at radius 2 is 1.90 bits per heavy atom. The summed E-state index contributed by atoms with van der Waals surface area (Å²) in [6.45, 7) is 9.25. The van der Waals surface area contributed by atoms with E-state index in [0.717, 1.165) is 37.4 Å². The van der Waals surface area contributed by atoms with Crippen LogP contribution in [0.15, 0.2) is 18.2 Å². The summed E-state index contributed by atoms with van der Waals surface area (Å²) >= 11 is 0. The monoisotopic (exact) mass is 281 g/mol. The average molecular weight is 281 g/mol. The normalized spacial score (nSPS) is 11.1. The van der Waals surface area contributed by atoms with Gasteiger partial charge in [-0.3, -0.25) is 0 Å². The highest BCUT2D eigenvalue weighted by Crippen LogP contribution is 2.19. The third-order valence-electron chi connectivity index (χ3n) is 3.21. The predicted octanol–water partition coefficient (Wildman–Crippen LogP) is 4.32. The minimum absolute atomic E-state index is 0.234. The average Bonchev–Trinajstić information content (AvgIpc) is 2.40. The van der Waals surface area contributed by atoms with Gasteiger partial charge in [0.25, 0.3) is 0 Å². The molecule has 0 atom stereocenters. The minimum atomic E-state index is -0.234. The summed E-state index contributed by atoms with van der Waals surface area (Å²) in [5, 5.41) is 3.44. The first-order valence-electron chi connectivity index (χ1n) is 7.69. The molecule has 1 N–H and O–H groups in total. The largest absolute Gasteiger partial charge is 0.493 e. The fourth-order valence-corrected chi connectivity index (χ4v) is 2.01. The van der Waals surface area contributed by atoms with Crippen LogP contribution in [0.5, 0.6) is 5.75 Å². The first kappa shape index (κ1) is 17.0. The van der Waals surface area contributed by atoms with Gasteiger partial charge in [0, 0.05) is 6.07 Å². The van der Waals surface area contributed by atoms with Crippen LogP contribution in [0, 0.1) is 18.7 Å². The van der Waals surface area contributed by atoms with Gasteiger partial charge in [-0.25, -0.2) is 4.39 Å². The van der Waals surface area contributed by atoms with E-state index in [1.807, 2.05) is 6.92 Å². The van der Waals surface area contributed by atoms with E-state index in [1.54, 1.807) is 6.07 Å². The fraction of sp³-hybridized carbons (Fsp3) is 0.647. The zero-order chi connectivity index (χ0) is 14.8. The SMILES string of the molecule is Cc1ccc(F)cc1OCCCCCCNCC(C)C. The molecule has 0 aromatic heterocycles. The molecule has 1 aromatic carbocycles. The molecular weight excluding hydrogens is 253 g/mol. The Bertz CT molecular complexity index is 379. The molecule has 1 aromatic rings. The lowest BCUT2D eigenvalue weighted by molar-refractivity contribution is 0.301. The number of ether oxygens (including phenoxy) is 1. The first-order valence-corrected chi connectivity index (χ1v) is 7.69. The Morgan fingerprint density at radius 3 is 2.65 bits per heavy atom. The van der Waals surface area contributed by atoms with Crippen molar-refractivity contribution in [2.24, 2.45) is 5.92 Å². The highest BCUT2D eigenvalue weighted by Gasteiger charge is 2.01. The van der Waals surface area contributed by atoms with Crippen LogP contribution in [0.1, 0.15) is 45.1 Å². The molecule has 0 bridgehead atoms. The molecule has 0 amide bonds. The summed E-state index contributed by atoms with van der Waals surface area (Å²) in [6.07, 6.45) is 4.63. The third kappa shape index (κ3) is 7.49. The minimum Gasteiger partial charge on any atom is -0.493 e. The third-order valence-corrected chi connectivity index (χ3v) is 3.21. The number of unbranched alkanes of at least 4 members (excludes halogenated alkanes) is 3. The number of hydrogen-bond acceptors (Lipinski definition) is 2. The van der Waals surface area contributed by atoms with Gasteiger partial charge in [-0.1, -0.05) is 32.8 Å². The van der Waals surface area contributed by atoms with Crippen molar-refractivity contribution in [3.63, 3.8) is 0 Å². The van der Waals surface area contributed by atoms with E-state index in [1.165, 1.54) is 25.0 Å². The molecule has 0 unspecified atom stereocenters. The number of hydrogen-bond donors (Lipinski definition) is 1. The van der Waals surface area contributed by atoms with Gasteiger partial charge < -0.3 is 10.1 Å². The zero-order valence-electron chi connectivity index (χ0n) is 13.0. The van der Waals surface area contributed by atoms with E-state index in [-0.39, 0.29) is 5.82 Å². The van der Waals surface area contributed by atoms with Gasteiger partial charge in [-0.15, -0.1) is 0 Å². The first-order chi connectivity index (χ1) is 9.59. The van der Waals surface area contributed by atoms with Crippen LogP contribution in [0.25, 0.3) is 0 Å². The highest BCUT2D eigenvalue weighted by atomic mass is 19.1. The van der Waals surface area contributed by atoms with Crippen LogP contribution in [0.3, 0.4) is 0 Å². The topological polar surface area (TPSA) is 21.3 Å². The second-order valence-corrected chi connectivity index (χ2v) is 5.77. The molecule has 0 fully saturated rings. The zero-order valence-corrected chi connectivity index (χ0v) is 13.0. The molecule has 114 valence electrons. The Morgan fingerprint density at radius 1 is 1.15 bits per heavy atom. The molecule has 0 spiro atoms. The quantitative estimate of drug-likeness (QED) is 0.645. The van der Waals surface area contributed by atoms with Crippen molar-refractivity contribution in [2.45, 2.75) is 46.5 Å². The van der Waals surface area contributed by atoms with E-state index in [0.29, 0.717) is 12.4 Å². The fourth-order valence-electron chi connectivity index (χ4n) is 2.01. The molecule has 0 radical (unpaired) electrons. The molecule has 0 aliphatic heterocycles. The standard InChI is InChI=1S/C17H28FNO/c1-14(2)13-19-10-6-4-5-7-11-20-17-12-16(18)9-8-15(17)3/h8-9,12,14,19H,4-7,10-11,13H2,1-3H3. The number of benzene rings is 1. The Labute approximate surface area is 122 Å². The smallest absolute Gasteiger partial charge is 0.126 e. The van der Waals surface area contributed by atoms with Gasteiger partial charge in [0.05, 0.1) is 6.61 Å². The van der Waals surface area contributed by atoms with Crippen LogP contribution in [-0.2, 0) is 0 Å². The van der Waals surface area contributed by atoms with Gasteiger partial charge >= 0.3 is 0 Å². The van der Waals surface area contributed by atoms with Crippen LogP contribution in [0.2, 0.25) is 0 Å². The van der Waals surface area contributed by atoms with Crippen LogP contribution < -0.4 is 10.1 Å². The maximum atomic E-state index is 13.1. The molecule has 20 heavy (non-hydrogen) atoms. The molecule has 0 heterocycles. The number of halogens is 1. The van der Waals surface area contributed by atoms with Gasteiger partial charge in [-0.2, -0.15) is 0 Å². The van der Waals surface area contributed by atoms with Crippen molar-refractivity contribution in [3.8, 4) is 5.75 Å². The van der Waals surface area contributed by atoms with Crippen molar-refractivity contribution >= 4 is 0 Å². The maximum Gasteiger partial charge on any atom is 0.126 e. The van der Waals surface area contributed by atoms with Crippen molar-refractivity contribution in [1.82, 2.24) is 5.32 Å². The Balaban J connectivity index is 2.01. The summed E-state index contributed by atoms with van der Waals surface area (Å²) in [7, 11) is 0. The lowest BCUT2D eigenvalue weighted by Crippen LogP contribution is -2.20. The summed E-state index contributed by atoms with van der Waals surface area (Å²) < 4.78 is 18.7. The van der Waals surface area contributed by atoms with Crippen molar-refractivity contribution in [2.75, 3.05) is 19.7 Å². The lowest BCUT2D eigenvalue weighted by Gasteiger charge is -2.09.